The average molecular weight is 512 g/mol. The monoisotopic (exact) mass is 512 g/mol. The zero-order chi connectivity index (χ0) is 19.0. The minimum Gasteiger partial charge on any atom is -0.497 e. The fourth-order valence-electron chi connectivity index (χ4n) is 2.70. The maximum atomic E-state index is 11.4. The van der Waals surface area contributed by atoms with Gasteiger partial charge in [0.1, 0.15) is 11.5 Å². The Balaban J connectivity index is 0.00000364. The van der Waals surface area contributed by atoms with E-state index in [-0.39, 0.29) is 35.5 Å². The number of aliphatic imine (C=N–C) groups is 1. The SMILES string of the molecule is CN=C(NCCN1CCS(=O)(=O)CC1)NCc1ccc(OC)cc1OC.I. The summed E-state index contributed by atoms with van der Waals surface area (Å²) in [5.74, 6) is 2.68. The quantitative estimate of drug-likeness (QED) is 0.316. The lowest BCUT2D eigenvalue weighted by Gasteiger charge is -2.26. The van der Waals surface area contributed by atoms with Crippen LogP contribution in [-0.4, -0.2) is 78.2 Å². The van der Waals surface area contributed by atoms with Crippen molar-refractivity contribution in [3.63, 3.8) is 0 Å². The molecule has 0 aromatic heterocycles. The van der Waals surface area contributed by atoms with Crippen molar-refractivity contribution >= 4 is 39.8 Å². The van der Waals surface area contributed by atoms with Gasteiger partial charge in [-0.2, -0.15) is 0 Å². The van der Waals surface area contributed by atoms with Gasteiger partial charge in [-0.15, -0.1) is 24.0 Å². The van der Waals surface area contributed by atoms with Crippen LogP contribution >= 0.6 is 24.0 Å². The Kier molecular flexibility index (Phi) is 10.2. The standard InChI is InChI=1S/C17H28N4O4S.HI/c1-18-17(19-6-7-21-8-10-26(22,23)11-9-21)20-13-14-4-5-15(24-2)12-16(14)25-3;/h4-5,12H,6-11,13H2,1-3H3,(H2,18,19,20);1H. The first kappa shape index (κ1) is 23.8. The fourth-order valence-corrected chi connectivity index (χ4v) is 3.98. The molecule has 1 heterocycles. The highest BCUT2D eigenvalue weighted by atomic mass is 127. The molecule has 2 N–H and O–H groups in total. The van der Waals surface area contributed by atoms with Crippen molar-refractivity contribution in [2.24, 2.45) is 4.99 Å². The Morgan fingerprint density at radius 1 is 1.19 bits per heavy atom. The third-order valence-electron chi connectivity index (χ3n) is 4.32. The van der Waals surface area contributed by atoms with E-state index < -0.39 is 9.84 Å². The molecule has 154 valence electrons. The Bertz CT molecular complexity index is 714. The number of benzene rings is 1. The second-order valence-electron chi connectivity index (χ2n) is 6.02. The van der Waals surface area contributed by atoms with Gasteiger partial charge in [0.25, 0.3) is 0 Å². The molecule has 1 aromatic rings. The second kappa shape index (κ2) is 11.5. The smallest absolute Gasteiger partial charge is 0.191 e. The van der Waals surface area contributed by atoms with Crippen molar-refractivity contribution in [1.82, 2.24) is 15.5 Å². The highest BCUT2D eigenvalue weighted by Crippen LogP contribution is 2.24. The van der Waals surface area contributed by atoms with E-state index in [1.807, 2.05) is 18.2 Å². The van der Waals surface area contributed by atoms with E-state index in [0.29, 0.717) is 32.1 Å². The summed E-state index contributed by atoms with van der Waals surface area (Å²) < 4.78 is 33.5. The first-order valence-corrected chi connectivity index (χ1v) is 10.4. The van der Waals surface area contributed by atoms with Crippen molar-refractivity contribution in [2.75, 3.05) is 59.0 Å². The molecule has 0 bridgehead atoms. The molecule has 1 fully saturated rings. The summed E-state index contributed by atoms with van der Waals surface area (Å²) in [6.07, 6.45) is 0. The van der Waals surface area contributed by atoms with Gasteiger partial charge < -0.3 is 20.1 Å². The topological polar surface area (TPSA) is 92.3 Å². The van der Waals surface area contributed by atoms with E-state index in [1.54, 1.807) is 21.3 Å². The molecule has 0 atom stereocenters. The van der Waals surface area contributed by atoms with Gasteiger partial charge in [0.05, 0.1) is 25.7 Å². The van der Waals surface area contributed by atoms with E-state index in [1.165, 1.54) is 0 Å². The van der Waals surface area contributed by atoms with Crippen LogP contribution < -0.4 is 20.1 Å². The first-order chi connectivity index (χ1) is 12.5. The summed E-state index contributed by atoms with van der Waals surface area (Å²) >= 11 is 0. The van der Waals surface area contributed by atoms with Gasteiger partial charge in [0, 0.05) is 51.4 Å². The number of nitrogens with zero attached hydrogens (tertiary/aromatic N) is 2. The van der Waals surface area contributed by atoms with Crippen molar-refractivity contribution < 1.29 is 17.9 Å². The molecule has 1 aromatic carbocycles. The number of sulfone groups is 1. The third kappa shape index (κ3) is 7.70. The minimum absolute atomic E-state index is 0. The van der Waals surface area contributed by atoms with E-state index in [9.17, 15) is 8.42 Å². The normalized spacial score (nSPS) is 16.9. The van der Waals surface area contributed by atoms with Crippen LogP contribution in [0.3, 0.4) is 0 Å². The van der Waals surface area contributed by atoms with Gasteiger partial charge in [-0.05, 0) is 12.1 Å². The van der Waals surface area contributed by atoms with Crippen molar-refractivity contribution in [3.8, 4) is 11.5 Å². The molecule has 2 rings (SSSR count). The fraction of sp³-hybridized carbons (Fsp3) is 0.588. The lowest BCUT2D eigenvalue weighted by molar-refractivity contribution is 0.299. The van der Waals surface area contributed by atoms with E-state index in [0.717, 1.165) is 23.6 Å². The van der Waals surface area contributed by atoms with E-state index in [4.69, 9.17) is 9.47 Å². The molecule has 0 unspecified atom stereocenters. The van der Waals surface area contributed by atoms with Gasteiger partial charge in [-0.25, -0.2) is 8.42 Å². The molecule has 0 radical (unpaired) electrons. The molecule has 1 saturated heterocycles. The molecule has 1 aliphatic rings. The maximum Gasteiger partial charge on any atom is 0.191 e. The van der Waals surface area contributed by atoms with Gasteiger partial charge in [0.2, 0.25) is 0 Å². The lowest BCUT2D eigenvalue weighted by atomic mass is 10.2. The Morgan fingerprint density at radius 2 is 1.89 bits per heavy atom. The maximum absolute atomic E-state index is 11.4. The molecule has 0 aliphatic carbocycles. The van der Waals surface area contributed by atoms with Crippen LogP contribution in [0.1, 0.15) is 5.56 Å². The number of guanidine groups is 1. The predicted molar refractivity (Wildman–Crippen MR) is 118 cm³/mol. The summed E-state index contributed by atoms with van der Waals surface area (Å²) in [6, 6.07) is 5.68. The Labute approximate surface area is 178 Å². The minimum atomic E-state index is -2.83. The van der Waals surface area contributed by atoms with Crippen LogP contribution in [0.25, 0.3) is 0 Å². The predicted octanol–water partition coefficient (Wildman–Crippen LogP) is 0.717. The van der Waals surface area contributed by atoms with Gasteiger partial charge in [0.15, 0.2) is 15.8 Å². The van der Waals surface area contributed by atoms with Crippen LogP contribution in [-0.2, 0) is 16.4 Å². The molecule has 27 heavy (non-hydrogen) atoms. The highest BCUT2D eigenvalue weighted by Gasteiger charge is 2.20. The van der Waals surface area contributed by atoms with E-state index in [2.05, 4.69) is 20.5 Å². The molecule has 0 saturated carbocycles. The number of nitrogens with one attached hydrogen (secondary N) is 2. The largest absolute Gasteiger partial charge is 0.497 e. The lowest BCUT2D eigenvalue weighted by Crippen LogP contribution is -2.45. The molecule has 1 aliphatic heterocycles. The van der Waals surface area contributed by atoms with Crippen molar-refractivity contribution in [1.29, 1.82) is 0 Å². The number of ether oxygens (including phenoxy) is 2. The molecule has 8 nitrogen and oxygen atoms in total. The van der Waals surface area contributed by atoms with Crippen molar-refractivity contribution in [3.05, 3.63) is 23.8 Å². The van der Waals surface area contributed by atoms with Crippen LogP contribution in [0.2, 0.25) is 0 Å². The molecular weight excluding hydrogens is 483 g/mol. The molecular formula is C17H29IN4O4S. The van der Waals surface area contributed by atoms with Crippen molar-refractivity contribution in [2.45, 2.75) is 6.54 Å². The third-order valence-corrected chi connectivity index (χ3v) is 5.93. The first-order valence-electron chi connectivity index (χ1n) is 8.55. The number of halogens is 1. The van der Waals surface area contributed by atoms with Gasteiger partial charge in [-0.3, -0.25) is 9.89 Å². The number of hydrogen-bond donors (Lipinski definition) is 2. The summed E-state index contributed by atoms with van der Waals surface area (Å²) in [6.45, 7) is 3.23. The van der Waals surface area contributed by atoms with Gasteiger partial charge >= 0.3 is 0 Å². The number of rotatable bonds is 7. The highest BCUT2D eigenvalue weighted by molar-refractivity contribution is 14.0. The van der Waals surface area contributed by atoms with Crippen LogP contribution in [0.15, 0.2) is 23.2 Å². The Morgan fingerprint density at radius 3 is 2.48 bits per heavy atom. The zero-order valence-electron chi connectivity index (χ0n) is 16.0. The van der Waals surface area contributed by atoms with Gasteiger partial charge in [-0.1, -0.05) is 0 Å². The van der Waals surface area contributed by atoms with E-state index >= 15 is 0 Å². The number of hydrogen-bond acceptors (Lipinski definition) is 6. The Hall–Kier alpha value is -1.27. The average Bonchev–Trinajstić information content (AvgIpc) is 2.65. The molecule has 10 heteroatoms. The number of methoxy groups -OCH3 is 2. The summed E-state index contributed by atoms with van der Waals surface area (Å²) in [5.41, 5.74) is 0.998. The molecule has 0 spiro atoms. The summed E-state index contributed by atoms with van der Waals surface area (Å²) in [7, 11) is 2.14. The summed E-state index contributed by atoms with van der Waals surface area (Å²) in [5, 5.41) is 6.50. The van der Waals surface area contributed by atoms with Crippen LogP contribution in [0.5, 0.6) is 11.5 Å². The second-order valence-corrected chi connectivity index (χ2v) is 8.33. The summed E-state index contributed by atoms with van der Waals surface area (Å²) in [4.78, 5) is 6.36. The molecule has 0 amide bonds. The van der Waals surface area contributed by atoms with Crippen LogP contribution in [0.4, 0.5) is 0 Å². The zero-order valence-corrected chi connectivity index (χ0v) is 19.2. The van der Waals surface area contributed by atoms with Crippen LogP contribution in [0, 0.1) is 0 Å².